The molecule has 0 fully saturated rings. The van der Waals surface area contributed by atoms with Gasteiger partial charge in [-0.3, -0.25) is 4.79 Å². The third-order valence-corrected chi connectivity index (χ3v) is 6.10. The van der Waals surface area contributed by atoms with Gasteiger partial charge < -0.3 is 14.6 Å². The Hall–Kier alpha value is -2.86. The topological polar surface area (TPSA) is 55.6 Å². The lowest BCUT2D eigenvalue weighted by Gasteiger charge is -2.20. The van der Waals surface area contributed by atoms with Gasteiger partial charge in [-0.2, -0.15) is 0 Å². The maximum Gasteiger partial charge on any atom is 0.262 e. The average Bonchev–Trinajstić information content (AvgIpc) is 3.13. The molecule has 1 unspecified atom stereocenters. The fraction of sp³-hybridized carbons (Fsp3) is 0.304. The lowest BCUT2D eigenvalue weighted by Crippen LogP contribution is -2.25. The molecule has 2 heterocycles. The van der Waals surface area contributed by atoms with Gasteiger partial charge in [-0.15, -0.1) is 11.3 Å². The highest BCUT2D eigenvalue weighted by Crippen LogP contribution is 2.34. The van der Waals surface area contributed by atoms with Gasteiger partial charge in [0, 0.05) is 17.0 Å². The minimum Gasteiger partial charge on any atom is -0.482 e. The smallest absolute Gasteiger partial charge is 0.262 e. The molecular weight excluding hydrogens is 382 g/mol. The number of benzene rings is 2. The predicted octanol–water partition coefficient (Wildman–Crippen LogP) is 5.37. The fourth-order valence-electron chi connectivity index (χ4n) is 3.41. The molecule has 1 aromatic heterocycles. The highest BCUT2D eigenvalue weighted by molar-refractivity contribution is 7.07. The predicted molar refractivity (Wildman–Crippen MR) is 118 cm³/mol. The van der Waals surface area contributed by atoms with Crippen molar-refractivity contribution < 1.29 is 9.53 Å². The first-order valence-electron chi connectivity index (χ1n) is 9.85. The Kier molecular flexibility index (Phi) is 5.28. The van der Waals surface area contributed by atoms with E-state index >= 15 is 0 Å². The third-order valence-electron chi connectivity index (χ3n) is 5.26. The van der Waals surface area contributed by atoms with Crippen LogP contribution >= 0.6 is 11.3 Å². The minimum absolute atomic E-state index is 0.0660. The molecular formula is C23H25N3O2S. The number of anilines is 1. The Labute approximate surface area is 174 Å². The first-order chi connectivity index (χ1) is 14.0. The molecule has 1 aliphatic rings. The van der Waals surface area contributed by atoms with Gasteiger partial charge in [-0.25, -0.2) is 4.99 Å². The molecule has 0 spiro atoms. The molecule has 1 aliphatic heterocycles. The summed E-state index contributed by atoms with van der Waals surface area (Å²) < 4.78 is 7.79. The second-order valence-corrected chi connectivity index (χ2v) is 8.32. The van der Waals surface area contributed by atoms with Crippen molar-refractivity contribution in [1.29, 1.82) is 0 Å². The lowest BCUT2D eigenvalue weighted by atomic mass is 10.1. The maximum atomic E-state index is 11.7. The summed E-state index contributed by atoms with van der Waals surface area (Å²) >= 11 is 1.64. The molecule has 0 saturated carbocycles. The minimum atomic E-state index is -0.125. The molecule has 0 bridgehead atoms. The summed E-state index contributed by atoms with van der Waals surface area (Å²) in [5, 5.41) is 5.04. The molecule has 0 radical (unpaired) electrons. The molecule has 3 aromatic rings. The van der Waals surface area contributed by atoms with Crippen molar-refractivity contribution in [2.75, 3.05) is 11.9 Å². The van der Waals surface area contributed by atoms with E-state index in [1.54, 1.807) is 11.3 Å². The van der Waals surface area contributed by atoms with Crippen molar-refractivity contribution in [2.45, 2.75) is 40.2 Å². The van der Waals surface area contributed by atoms with Crippen LogP contribution in [0.2, 0.25) is 0 Å². The Morgan fingerprint density at radius 2 is 2.07 bits per heavy atom. The molecule has 150 valence electrons. The van der Waals surface area contributed by atoms with Crippen LogP contribution < -0.4 is 14.9 Å². The van der Waals surface area contributed by atoms with Crippen molar-refractivity contribution in [3.8, 4) is 17.0 Å². The fourth-order valence-corrected chi connectivity index (χ4v) is 4.42. The first-order valence-corrected chi connectivity index (χ1v) is 10.7. The lowest BCUT2D eigenvalue weighted by molar-refractivity contribution is -0.118. The number of rotatable bonds is 4. The second-order valence-electron chi connectivity index (χ2n) is 7.48. The van der Waals surface area contributed by atoms with Crippen molar-refractivity contribution in [3.63, 3.8) is 0 Å². The summed E-state index contributed by atoms with van der Waals surface area (Å²) in [7, 11) is 0. The van der Waals surface area contributed by atoms with E-state index in [2.05, 4.69) is 61.2 Å². The zero-order valence-corrected chi connectivity index (χ0v) is 18.0. The number of hydrogen-bond acceptors (Lipinski definition) is 4. The number of carbonyl (C=O) groups is 1. The molecule has 5 nitrogen and oxygen atoms in total. The van der Waals surface area contributed by atoms with E-state index in [1.807, 2.05) is 18.2 Å². The van der Waals surface area contributed by atoms with Crippen LogP contribution in [0.1, 0.15) is 37.4 Å². The first kappa shape index (κ1) is 19.5. The molecule has 1 N–H and O–H groups in total. The van der Waals surface area contributed by atoms with Crippen molar-refractivity contribution in [3.05, 3.63) is 57.7 Å². The molecule has 2 aromatic carbocycles. The zero-order chi connectivity index (χ0) is 20.5. The molecule has 4 rings (SSSR count). The van der Waals surface area contributed by atoms with Crippen molar-refractivity contribution in [1.82, 2.24) is 4.57 Å². The summed E-state index contributed by atoms with van der Waals surface area (Å²) in [6.45, 7) is 8.64. The highest BCUT2D eigenvalue weighted by atomic mass is 32.1. The summed E-state index contributed by atoms with van der Waals surface area (Å²) in [5.74, 6) is 0.583. The SMILES string of the molecule is CCC(C)n1c(-c2ccc3c(c2)NC(=O)CO3)csc1=Nc1cc(C)ccc1C. The van der Waals surface area contributed by atoms with Crippen LogP contribution in [-0.4, -0.2) is 17.1 Å². The number of ether oxygens (including phenoxy) is 1. The Bertz CT molecular complexity index is 1140. The standard InChI is InChI=1S/C23H25N3O2S/c1-5-16(4)26-20(17-8-9-21-19(11-17)24-22(27)12-28-21)13-29-23(26)25-18-10-14(2)6-7-15(18)3/h6-11,13,16H,5,12H2,1-4H3,(H,24,27). The van der Waals surface area contributed by atoms with Crippen LogP contribution in [0.4, 0.5) is 11.4 Å². The number of carbonyl (C=O) groups excluding carboxylic acids is 1. The number of thiazole rings is 1. The van der Waals surface area contributed by atoms with E-state index in [9.17, 15) is 4.79 Å². The quantitative estimate of drug-likeness (QED) is 0.632. The number of aryl methyl sites for hydroxylation is 2. The molecule has 29 heavy (non-hydrogen) atoms. The van der Waals surface area contributed by atoms with Gasteiger partial charge in [0.1, 0.15) is 5.75 Å². The average molecular weight is 408 g/mol. The molecule has 0 saturated heterocycles. The third kappa shape index (κ3) is 3.85. The summed E-state index contributed by atoms with van der Waals surface area (Å²) in [6, 6.07) is 12.6. The van der Waals surface area contributed by atoms with E-state index in [-0.39, 0.29) is 12.5 Å². The summed E-state index contributed by atoms with van der Waals surface area (Å²) in [4.78, 5) is 17.7. The monoisotopic (exact) mass is 407 g/mol. The van der Waals surface area contributed by atoms with Gasteiger partial charge in [-0.05, 0) is 62.6 Å². The van der Waals surface area contributed by atoms with Gasteiger partial charge in [0.15, 0.2) is 11.4 Å². The van der Waals surface area contributed by atoms with E-state index < -0.39 is 0 Å². The number of amides is 1. The van der Waals surface area contributed by atoms with Crippen LogP contribution in [-0.2, 0) is 4.79 Å². The second kappa shape index (κ2) is 7.87. The number of hydrogen-bond donors (Lipinski definition) is 1. The van der Waals surface area contributed by atoms with E-state index in [0.29, 0.717) is 17.5 Å². The van der Waals surface area contributed by atoms with Gasteiger partial charge in [-0.1, -0.05) is 19.1 Å². The number of fused-ring (bicyclic) bond motifs is 1. The number of nitrogens with one attached hydrogen (secondary N) is 1. The Balaban J connectivity index is 1.86. The Morgan fingerprint density at radius 3 is 2.86 bits per heavy atom. The van der Waals surface area contributed by atoms with Gasteiger partial charge in [0.05, 0.1) is 17.1 Å². The molecule has 6 heteroatoms. The van der Waals surface area contributed by atoms with Crippen LogP contribution in [0.5, 0.6) is 5.75 Å². The molecule has 1 amide bonds. The van der Waals surface area contributed by atoms with Crippen LogP contribution in [0, 0.1) is 13.8 Å². The summed E-state index contributed by atoms with van der Waals surface area (Å²) in [6.07, 6.45) is 0.995. The van der Waals surface area contributed by atoms with Gasteiger partial charge in [0.25, 0.3) is 5.91 Å². The van der Waals surface area contributed by atoms with Gasteiger partial charge >= 0.3 is 0 Å². The van der Waals surface area contributed by atoms with Crippen LogP contribution in [0.3, 0.4) is 0 Å². The maximum absolute atomic E-state index is 11.7. The van der Waals surface area contributed by atoms with Crippen LogP contribution in [0.25, 0.3) is 11.3 Å². The normalized spacial score (nSPS) is 14.9. The summed E-state index contributed by atoms with van der Waals surface area (Å²) in [5.41, 5.74) is 6.21. The number of aromatic nitrogens is 1. The van der Waals surface area contributed by atoms with E-state index in [1.165, 1.54) is 5.56 Å². The zero-order valence-electron chi connectivity index (χ0n) is 17.2. The highest BCUT2D eigenvalue weighted by Gasteiger charge is 2.19. The van der Waals surface area contributed by atoms with E-state index in [0.717, 1.165) is 33.7 Å². The van der Waals surface area contributed by atoms with Gasteiger partial charge in [0.2, 0.25) is 0 Å². The number of nitrogens with zero attached hydrogens (tertiary/aromatic N) is 2. The Morgan fingerprint density at radius 1 is 1.24 bits per heavy atom. The van der Waals surface area contributed by atoms with E-state index in [4.69, 9.17) is 9.73 Å². The van der Waals surface area contributed by atoms with Crippen LogP contribution in [0.15, 0.2) is 46.8 Å². The molecule has 1 atom stereocenters. The molecule has 0 aliphatic carbocycles. The van der Waals surface area contributed by atoms with Crippen molar-refractivity contribution >= 4 is 28.6 Å². The van der Waals surface area contributed by atoms with Crippen molar-refractivity contribution in [2.24, 2.45) is 4.99 Å². The largest absolute Gasteiger partial charge is 0.482 e.